The van der Waals surface area contributed by atoms with Crippen LogP contribution in [0.2, 0.25) is 10.0 Å². The van der Waals surface area contributed by atoms with Crippen LogP contribution in [0.15, 0.2) is 96.6 Å². The van der Waals surface area contributed by atoms with Crippen LogP contribution in [0.5, 0.6) is 0 Å². The molecule has 3 nitrogen and oxygen atoms in total. The molecule has 0 spiro atoms. The topological polar surface area (TPSA) is 37.4 Å². The lowest BCUT2D eigenvalue weighted by atomic mass is 9.85. The molecule has 0 unspecified atom stereocenters. The summed E-state index contributed by atoms with van der Waals surface area (Å²) >= 11 is 12.6. The Morgan fingerprint density at radius 1 is 0.667 bits per heavy atom. The quantitative estimate of drug-likeness (QED) is 0.326. The zero-order valence-electron chi connectivity index (χ0n) is 17.5. The molecule has 33 heavy (non-hydrogen) atoms. The molecule has 0 N–H and O–H groups in total. The highest BCUT2D eigenvalue weighted by atomic mass is 35.5. The van der Waals surface area contributed by atoms with Crippen LogP contribution in [0.25, 0.3) is 5.57 Å². The van der Waals surface area contributed by atoms with Crippen LogP contribution < -0.4 is 4.90 Å². The van der Waals surface area contributed by atoms with Crippen molar-refractivity contribution in [3.8, 4) is 0 Å². The van der Waals surface area contributed by atoms with Gasteiger partial charge in [-0.3, -0.25) is 9.59 Å². The number of nitrogens with zero attached hydrogens (tertiary/aromatic N) is 1. The van der Waals surface area contributed by atoms with Crippen LogP contribution in [0, 0.1) is 23.7 Å². The van der Waals surface area contributed by atoms with E-state index in [0.717, 1.165) is 22.3 Å². The minimum absolute atomic E-state index is 0.130. The summed E-state index contributed by atoms with van der Waals surface area (Å²) in [4.78, 5) is 28.5. The van der Waals surface area contributed by atoms with Crippen LogP contribution in [0.3, 0.4) is 0 Å². The third kappa shape index (κ3) is 2.96. The summed E-state index contributed by atoms with van der Waals surface area (Å²) in [5, 5.41) is 0.551. The number of benzene rings is 3. The van der Waals surface area contributed by atoms with Gasteiger partial charge in [-0.1, -0.05) is 102 Å². The van der Waals surface area contributed by atoms with E-state index < -0.39 is 11.8 Å². The lowest BCUT2D eigenvalue weighted by Crippen LogP contribution is -2.33. The highest BCUT2D eigenvalue weighted by Gasteiger charge is 2.62. The molecule has 1 saturated heterocycles. The van der Waals surface area contributed by atoms with Gasteiger partial charge in [-0.25, -0.2) is 4.90 Å². The number of hydrogen-bond donors (Lipinski definition) is 0. The molecule has 1 aliphatic heterocycles. The number of fused-ring (bicyclic) bond motifs is 5. The van der Waals surface area contributed by atoms with E-state index >= 15 is 0 Å². The lowest BCUT2D eigenvalue weighted by molar-refractivity contribution is -0.122. The van der Waals surface area contributed by atoms with Crippen molar-refractivity contribution in [2.75, 3.05) is 4.90 Å². The smallest absolute Gasteiger partial charge is 0.238 e. The number of hydrogen-bond acceptors (Lipinski definition) is 2. The van der Waals surface area contributed by atoms with Crippen LogP contribution in [0.1, 0.15) is 11.1 Å². The molecule has 3 aromatic rings. The first-order chi connectivity index (χ1) is 16.1. The van der Waals surface area contributed by atoms with Crippen molar-refractivity contribution in [2.24, 2.45) is 23.7 Å². The molecule has 3 aliphatic rings. The van der Waals surface area contributed by atoms with E-state index in [0.29, 0.717) is 10.7 Å². The number of allylic oxidation sites excluding steroid dienone is 3. The molecular formula is C28H19Cl2NO2. The first-order valence-corrected chi connectivity index (χ1v) is 11.7. The van der Waals surface area contributed by atoms with Gasteiger partial charge >= 0.3 is 0 Å². The summed E-state index contributed by atoms with van der Waals surface area (Å²) in [6, 6.07) is 25.4. The Balaban J connectivity index is 1.50. The summed E-state index contributed by atoms with van der Waals surface area (Å²) < 4.78 is 0. The zero-order valence-corrected chi connectivity index (χ0v) is 19.0. The van der Waals surface area contributed by atoms with Gasteiger partial charge < -0.3 is 0 Å². The number of anilines is 1. The molecule has 2 amide bonds. The van der Waals surface area contributed by atoms with Crippen LogP contribution in [-0.2, 0) is 9.59 Å². The number of amides is 2. The summed E-state index contributed by atoms with van der Waals surface area (Å²) in [5.41, 5.74) is 4.81. The largest absolute Gasteiger partial charge is 0.274 e. The van der Waals surface area contributed by atoms with E-state index in [1.54, 1.807) is 18.2 Å². The van der Waals surface area contributed by atoms with Gasteiger partial charge in [0.15, 0.2) is 0 Å². The highest BCUT2D eigenvalue weighted by Crippen LogP contribution is 2.59. The van der Waals surface area contributed by atoms with Crippen molar-refractivity contribution < 1.29 is 9.59 Å². The maximum Gasteiger partial charge on any atom is 0.238 e. The second-order valence-corrected chi connectivity index (χ2v) is 9.42. The Morgan fingerprint density at radius 3 is 1.70 bits per heavy atom. The standard InChI is InChI=1S/C28H19Cl2NO2/c29-20-12-7-13-21(26(20)30)31-27(32)24-18-14-15-19(25(24)28(31)33)23(18)22(16-8-3-1-4-9-16)17-10-5-2-6-11-17/h1-15,18-19,24-25H/t18-,19-,24-,25-/m0/s1. The van der Waals surface area contributed by atoms with Crippen molar-refractivity contribution >= 4 is 46.3 Å². The molecule has 4 atom stereocenters. The van der Waals surface area contributed by atoms with Gasteiger partial charge in [-0.2, -0.15) is 0 Å². The predicted octanol–water partition coefficient (Wildman–Crippen LogP) is 6.42. The molecule has 0 radical (unpaired) electrons. The van der Waals surface area contributed by atoms with Crippen molar-refractivity contribution in [1.82, 2.24) is 0 Å². The van der Waals surface area contributed by atoms with Crippen LogP contribution in [-0.4, -0.2) is 11.8 Å². The Hall–Kier alpha value is -3.14. The van der Waals surface area contributed by atoms with E-state index in [4.69, 9.17) is 23.2 Å². The van der Waals surface area contributed by atoms with Crippen molar-refractivity contribution in [3.63, 3.8) is 0 Å². The van der Waals surface area contributed by atoms with Crippen molar-refractivity contribution in [2.45, 2.75) is 0 Å². The third-order valence-corrected chi connectivity index (χ3v) is 7.81. The molecule has 2 aliphatic carbocycles. The molecule has 0 aromatic heterocycles. The highest BCUT2D eigenvalue weighted by molar-refractivity contribution is 6.45. The molecular weight excluding hydrogens is 453 g/mol. The second kappa shape index (κ2) is 7.72. The SMILES string of the molecule is O=C1[C@@H]2[C@@H](C(=O)N1c1cccc(Cl)c1Cl)[C@H]1C=C[C@H]2C1=C(c1ccccc1)c1ccccc1. The van der Waals surface area contributed by atoms with Gasteiger partial charge in [0.2, 0.25) is 11.8 Å². The molecule has 1 saturated carbocycles. The number of carbonyl (C=O) groups excluding carboxylic acids is 2. The summed E-state index contributed by atoms with van der Waals surface area (Å²) in [6.07, 6.45) is 4.20. The van der Waals surface area contributed by atoms with E-state index in [1.807, 2.05) is 36.4 Å². The monoisotopic (exact) mass is 471 g/mol. The first-order valence-electron chi connectivity index (χ1n) is 10.9. The third-order valence-electron chi connectivity index (χ3n) is 7.00. The van der Waals surface area contributed by atoms with Gasteiger partial charge in [0, 0.05) is 11.8 Å². The summed E-state index contributed by atoms with van der Waals surface area (Å²) in [5.74, 6) is -1.53. The van der Waals surface area contributed by atoms with Crippen LogP contribution >= 0.6 is 23.2 Å². The maximum absolute atomic E-state index is 13.6. The van der Waals surface area contributed by atoms with Gasteiger partial charge in [-0.15, -0.1) is 0 Å². The normalized spacial score (nSPS) is 25.2. The first kappa shape index (κ1) is 20.5. The van der Waals surface area contributed by atoms with Crippen LogP contribution in [0.4, 0.5) is 5.69 Å². The number of carbonyl (C=O) groups is 2. The maximum atomic E-state index is 13.6. The Labute approximate surface area is 201 Å². The molecule has 162 valence electrons. The van der Waals surface area contributed by atoms with Gasteiger partial charge in [0.1, 0.15) is 0 Å². The Kier molecular flexibility index (Phi) is 4.79. The van der Waals surface area contributed by atoms with Gasteiger partial charge in [0.05, 0.1) is 27.6 Å². The molecule has 6 rings (SSSR count). The van der Waals surface area contributed by atoms with Crippen molar-refractivity contribution in [1.29, 1.82) is 0 Å². The van der Waals surface area contributed by atoms with Gasteiger partial charge in [-0.05, 0) is 34.4 Å². The Bertz CT molecular complexity index is 1270. The average Bonchev–Trinajstić information content (AvgIpc) is 3.47. The molecule has 3 aromatic carbocycles. The minimum Gasteiger partial charge on any atom is -0.274 e. The number of imide groups is 1. The average molecular weight is 472 g/mol. The fraction of sp³-hybridized carbons (Fsp3) is 0.143. The fourth-order valence-corrected chi connectivity index (χ4v) is 6.09. The molecule has 5 heteroatoms. The number of rotatable bonds is 3. The van der Waals surface area contributed by atoms with E-state index in [9.17, 15) is 9.59 Å². The lowest BCUT2D eigenvalue weighted by Gasteiger charge is -2.22. The molecule has 1 heterocycles. The zero-order chi connectivity index (χ0) is 22.7. The molecule has 2 fully saturated rings. The second-order valence-electron chi connectivity index (χ2n) is 8.64. The Morgan fingerprint density at radius 2 is 1.18 bits per heavy atom. The van der Waals surface area contributed by atoms with E-state index in [-0.39, 0.29) is 28.7 Å². The predicted molar refractivity (Wildman–Crippen MR) is 131 cm³/mol. The van der Waals surface area contributed by atoms with E-state index in [1.165, 1.54) is 4.90 Å². The molecule has 2 bridgehead atoms. The van der Waals surface area contributed by atoms with Gasteiger partial charge in [0.25, 0.3) is 0 Å². The van der Waals surface area contributed by atoms with E-state index in [2.05, 4.69) is 36.4 Å². The minimum atomic E-state index is -0.431. The van der Waals surface area contributed by atoms with Crippen molar-refractivity contribution in [3.05, 3.63) is 118 Å². The fourth-order valence-electron chi connectivity index (χ4n) is 5.71. The summed E-state index contributed by atoms with van der Waals surface area (Å²) in [7, 11) is 0. The summed E-state index contributed by atoms with van der Waals surface area (Å²) in [6.45, 7) is 0. The number of halogens is 2.